The lowest BCUT2D eigenvalue weighted by molar-refractivity contribution is -0.119. The number of carbonyl (C=O) groups is 1. The molecule has 7 heteroatoms. The summed E-state index contributed by atoms with van der Waals surface area (Å²) in [7, 11) is 1.67. The van der Waals surface area contributed by atoms with Crippen molar-refractivity contribution in [3.8, 4) is 11.5 Å². The van der Waals surface area contributed by atoms with Crippen LogP contribution in [0.1, 0.15) is 37.7 Å². The number of hydrogen-bond acceptors (Lipinski definition) is 5. The molecule has 1 amide bonds. The van der Waals surface area contributed by atoms with Crippen LogP contribution in [-0.4, -0.2) is 40.3 Å². The number of amides is 1. The van der Waals surface area contributed by atoms with E-state index in [1.807, 2.05) is 30.7 Å². The number of nitrogens with zero attached hydrogens (tertiary/aromatic N) is 3. The third-order valence-electron chi connectivity index (χ3n) is 4.44. The van der Waals surface area contributed by atoms with Gasteiger partial charge in [-0.1, -0.05) is 6.07 Å². The molecule has 146 valence electrons. The highest BCUT2D eigenvalue weighted by Crippen LogP contribution is 2.30. The Kier molecular flexibility index (Phi) is 6.01. The first-order chi connectivity index (χ1) is 12.9. The summed E-state index contributed by atoms with van der Waals surface area (Å²) in [5.74, 6) is 1.50. The largest absolute Gasteiger partial charge is 0.493 e. The molecule has 27 heavy (non-hydrogen) atoms. The maximum Gasteiger partial charge on any atom is 0.217 e. The number of fused-ring (bicyclic) bond motifs is 1. The average Bonchev–Trinajstić information content (AvgIpc) is 3.03. The molecule has 2 heterocycles. The number of aromatic nitrogens is 2. The predicted octanol–water partition coefficient (Wildman–Crippen LogP) is 2.33. The van der Waals surface area contributed by atoms with Gasteiger partial charge in [-0.15, -0.1) is 0 Å². The number of methoxy groups -OCH3 is 1. The van der Waals surface area contributed by atoms with E-state index < -0.39 is 0 Å². The van der Waals surface area contributed by atoms with E-state index in [0.717, 1.165) is 43.4 Å². The summed E-state index contributed by atoms with van der Waals surface area (Å²) in [5, 5.41) is 7.37. The number of carbonyl (C=O) groups excluding carboxylic acids is 1. The molecule has 1 aromatic heterocycles. The van der Waals surface area contributed by atoms with Gasteiger partial charge in [0.2, 0.25) is 5.91 Å². The molecule has 2 aromatic rings. The summed E-state index contributed by atoms with van der Waals surface area (Å²) >= 11 is 0. The first kappa shape index (κ1) is 19.2. The lowest BCUT2D eigenvalue weighted by atomic mass is 10.1. The van der Waals surface area contributed by atoms with Gasteiger partial charge in [0.05, 0.1) is 37.7 Å². The predicted molar refractivity (Wildman–Crippen MR) is 103 cm³/mol. The molecule has 3 rings (SSSR count). The van der Waals surface area contributed by atoms with E-state index in [4.69, 9.17) is 9.47 Å². The number of ether oxygens (including phenoxy) is 2. The summed E-state index contributed by atoms with van der Waals surface area (Å²) in [5.41, 5.74) is 3.27. The van der Waals surface area contributed by atoms with E-state index in [0.29, 0.717) is 6.54 Å². The molecule has 0 fully saturated rings. The Morgan fingerprint density at radius 2 is 2.07 bits per heavy atom. The van der Waals surface area contributed by atoms with E-state index in [2.05, 4.69) is 27.4 Å². The Morgan fingerprint density at radius 3 is 2.78 bits per heavy atom. The van der Waals surface area contributed by atoms with Crippen LogP contribution in [0.25, 0.3) is 0 Å². The number of nitrogens with one attached hydrogen (secondary N) is 1. The van der Waals surface area contributed by atoms with Crippen LogP contribution < -0.4 is 14.8 Å². The molecule has 0 saturated heterocycles. The maximum atomic E-state index is 11.1. The van der Waals surface area contributed by atoms with Crippen LogP contribution in [0.5, 0.6) is 11.5 Å². The van der Waals surface area contributed by atoms with Gasteiger partial charge in [0.1, 0.15) is 0 Å². The van der Waals surface area contributed by atoms with Crippen LogP contribution in [-0.2, 0) is 31.0 Å². The zero-order valence-corrected chi connectivity index (χ0v) is 16.5. The molecule has 0 bridgehead atoms. The van der Waals surface area contributed by atoms with Gasteiger partial charge in [0.25, 0.3) is 0 Å². The van der Waals surface area contributed by atoms with E-state index in [-0.39, 0.29) is 12.0 Å². The second-order valence-electron chi connectivity index (χ2n) is 7.12. The Hall–Kier alpha value is -2.54. The monoisotopic (exact) mass is 372 g/mol. The zero-order chi connectivity index (χ0) is 19.4. The summed E-state index contributed by atoms with van der Waals surface area (Å²) in [6, 6.07) is 8.19. The number of benzene rings is 1. The molecule has 1 aliphatic rings. The molecule has 0 radical (unpaired) electrons. The molecule has 1 N–H and O–H groups in total. The molecule has 0 saturated carbocycles. The standard InChI is InChI=1S/C20H28N4O3/c1-14(2)27-19-6-5-16(9-20(19)26-4)12-23-7-8-24-18(13-23)10-17(22-24)11-21-15(3)25/h5-6,9-10,14H,7-8,11-13H2,1-4H3,(H,21,25). The van der Waals surface area contributed by atoms with Crippen molar-refractivity contribution in [2.24, 2.45) is 0 Å². The average molecular weight is 372 g/mol. The van der Waals surface area contributed by atoms with Crippen molar-refractivity contribution in [1.82, 2.24) is 20.0 Å². The fourth-order valence-corrected chi connectivity index (χ4v) is 3.24. The van der Waals surface area contributed by atoms with Crippen molar-refractivity contribution in [1.29, 1.82) is 0 Å². The fraction of sp³-hybridized carbons (Fsp3) is 0.500. The zero-order valence-electron chi connectivity index (χ0n) is 16.5. The first-order valence-electron chi connectivity index (χ1n) is 9.30. The van der Waals surface area contributed by atoms with Crippen LogP contribution in [0.3, 0.4) is 0 Å². The number of hydrogen-bond donors (Lipinski definition) is 1. The van der Waals surface area contributed by atoms with Crippen molar-refractivity contribution in [2.45, 2.75) is 53.1 Å². The van der Waals surface area contributed by atoms with E-state index in [1.54, 1.807) is 7.11 Å². The Morgan fingerprint density at radius 1 is 1.26 bits per heavy atom. The van der Waals surface area contributed by atoms with Crippen molar-refractivity contribution in [3.63, 3.8) is 0 Å². The van der Waals surface area contributed by atoms with Gasteiger partial charge >= 0.3 is 0 Å². The summed E-state index contributed by atoms with van der Waals surface area (Å²) < 4.78 is 13.3. The molecule has 0 spiro atoms. The second-order valence-corrected chi connectivity index (χ2v) is 7.12. The van der Waals surface area contributed by atoms with E-state index in [9.17, 15) is 4.79 Å². The van der Waals surface area contributed by atoms with Crippen LogP contribution in [0.4, 0.5) is 0 Å². The van der Waals surface area contributed by atoms with E-state index in [1.165, 1.54) is 18.2 Å². The summed E-state index contributed by atoms with van der Waals surface area (Å²) in [6.07, 6.45) is 0.110. The smallest absolute Gasteiger partial charge is 0.217 e. The van der Waals surface area contributed by atoms with Gasteiger partial charge in [-0.3, -0.25) is 14.4 Å². The Labute approximate surface area is 160 Å². The highest BCUT2D eigenvalue weighted by molar-refractivity contribution is 5.72. The summed E-state index contributed by atoms with van der Waals surface area (Å²) in [6.45, 7) is 9.45. The highest BCUT2D eigenvalue weighted by Gasteiger charge is 2.19. The second kappa shape index (κ2) is 8.43. The molecule has 1 aliphatic heterocycles. The lowest BCUT2D eigenvalue weighted by Crippen LogP contribution is -2.33. The Bertz CT molecular complexity index is 801. The molecule has 7 nitrogen and oxygen atoms in total. The Balaban J connectivity index is 1.65. The van der Waals surface area contributed by atoms with Crippen LogP contribution in [0.15, 0.2) is 24.3 Å². The van der Waals surface area contributed by atoms with E-state index >= 15 is 0 Å². The molecular weight excluding hydrogens is 344 g/mol. The van der Waals surface area contributed by atoms with Crippen LogP contribution in [0.2, 0.25) is 0 Å². The molecule has 0 aliphatic carbocycles. The van der Waals surface area contributed by atoms with Crippen molar-refractivity contribution in [3.05, 3.63) is 41.2 Å². The van der Waals surface area contributed by atoms with Gasteiger partial charge in [0.15, 0.2) is 11.5 Å². The molecule has 0 atom stereocenters. The minimum Gasteiger partial charge on any atom is -0.493 e. The molecule has 1 aromatic carbocycles. The highest BCUT2D eigenvalue weighted by atomic mass is 16.5. The topological polar surface area (TPSA) is 68.6 Å². The van der Waals surface area contributed by atoms with Gasteiger partial charge in [-0.25, -0.2) is 0 Å². The third kappa shape index (κ3) is 5.01. The minimum atomic E-state index is -0.0403. The van der Waals surface area contributed by atoms with Crippen molar-refractivity contribution in [2.75, 3.05) is 13.7 Å². The maximum absolute atomic E-state index is 11.1. The first-order valence-corrected chi connectivity index (χ1v) is 9.30. The lowest BCUT2D eigenvalue weighted by Gasteiger charge is -2.27. The normalized spacial score (nSPS) is 14.1. The van der Waals surface area contributed by atoms with Crippen LogP contribution >= 0.6 is 0 Å². The van der Waals surface area contributed by atoms with Crippen molar-refractivity contribution >= 4 is 5.91 Å². The van der Waals surface area contributed by atoms with Gasteiger partial charge in [-0.05, 0) is 37.6 Å². The van der Waals surface area contributed by atoms with Gasteiger partial charge in [-0.2, -0.15) is 5.10 Å². The van der Waals surface area contributed by atoms with Crippen molar-refractivity contribution < 1.29 is 14.3 Å². The SMILES string of the molecule is COc1cc(CN2CCn3nc(CNC(C)=O)cc3C2)ccc1OC(C)C. The minimum absolute atomic E-state index is 0.0403. The molecular formula is C20H28N4O3. The molecule has 0 unspecified atom stereocenters. The third-order valence-corrected chi connectivity index (χ3v) is 4.44. The fourth-order valence-electron chi connectivity index (χ4n) is 3.24. The quantitative estimate of drug-likeness (QED) is 0.808. The van der Waals surface area contributed by atoms with Gasteiger partial charge in [0, 0.05) is 26.6 Å². The summed E-state index contributed by atoms with van der Waals surface area (Å²) in [4.78, 5) is 13.5. The number of rotatable bonds is 7. The van der Waals surface area contributed by atoms with Gasteiger partial charge < -0.3 is 14.8 Å². The van der Waals surface area contributed by atoms with Crippen LogP contribution in [0, 0.1) is 0 Å².